The van der Waals surface area contributed by atoms with Crippen LogP contribution in [0.2, 0.25) is 5.02 Å². The Morgan fingerprint density at radius 1 is 1.04 bits per heavy atom. The number of carbonyl (C=O) groups is 1. The molecule has 0 N–H and O–H groups in total. The lowest BCUT2D eigenvalue weighted by Gasteiger charge is -2.34. The fourth-order valence-electron chi connectivity index (χ4n) is 2.94. The molecule has 9 heteroatoms. The molecule has 0 aromatic heterocycles. The summed E-state index contributed by atoms with van der Waals surface area (Å²) < 4.78 is 45.6. The van der Waals surface area contributed by atoms with Crippen LogP contribution in [-0.4, -0.2) is 56.3 Å². The number of para-hydroxylation sites is 1. The molecule has 1 aliphatic rings. The molecule has 1 aliphatic heterocycles. The Labute approximate surface area is 168 Å². The van der Waals surface area contributed by atoms with E-state index in [0.29, 0.717) is 0 Å². The molecule has 2 aromatic carbocycles. The highest BCUT2D eigenvalue weighted by Crippen LogP contribution is 2.25. The van der Waals surface area contributed by atoms with Crippen LogP contribution in [0.5, 0.6) is 5.75 Å². The second kappa shape index (κ2) is 8.89. The van der Waals surface area contributed by atoms with Gasteiger partial charge in [-0.05, 0) is 24.3 Å². The zero-order chi connectivity index (χ0) is 20.1. The minimum Gasteiger partial charge on any atom is -0.490 e. The number of ether oxygens (including phenoxy) is 1. The third-order valence-electron chi connectivity index (χ3n) is 4.46. The number of rotatable bonds is 6. The maximum atomic E-state index is 13.5. The minimum atomic E-state index is -3.70. The molecule has 1 fully saturated rings. The molecular weight excluding hydrogens is 407 g/mol. The van der Waals surface area contributed by atoms with Crippen LogP contribution in [0.4, 0.5) is 4.39 Å². The summed E-state index contributed by atoms with van der Waals surface area (Å²) in [7, 11) is -3.70. The van der Waals surface area contributed by atoms with Crippen LogP contribution in [0.25, 0.3) is 0 Å². The molecule has 0 atom stereocenters. The van der Waals surface area contributed by atoms with Crippen molar-refractivity contribution in [2.75, 3.05) is 32.8 Å². The molecule has 0 unspecified atom stereocenters. The van der Waals surface area contributed by atoms with Crippen molar-refractivity contribution in [1.29, 1.82) is 0 Å². The molecule has 2 aromatic rings. The number of hydrogen-bond donors (Lipinski definition) is 0. The molecule has 0 spiro atoms. The van der Waals surface area contributed by atoms with Gasteiger partial charge >= 0.3 is 0 Å². The minimum absolute atomic E-state index is 0.0535. The summed E-state index contributed by atoms with van der Waals surface area (Å²) in [5.74, 6) is -0.537. The summed E-state index contributed by atoms with van der Waals surface area (Å²) in [6.45, 7) is 0.989. The number of halogens is 2. The van der Waals surface area contributed by atoms with E-state index in [1.165, 1.54) is 28.6 Å². The van der Waals surface area contributed by atoms with Crippen LogP contribution in [0.3, 0.4) is 0 Å². The van der Waals surface area contributed by atoms with E-state index >= 15 is 0 Å². The first-order valence-electron chi connectivity index (χ1n) is 8.79. The number of benzene rings is 2. The number of piperazine rings is 1. The molecular formula is C19H20ClFN2O4S. The van der Waals surface area contributed by atoms with Gasteiger partial charge in [0.25, 0.3) is 0 Å². The summed E-state index contributed by atoms with van der Waals surface area (Å²) in [5, 5.41) is 0.172. The number of hydrogen-bond acceptors (Lipinski definition) is 4. The third kappa shape index (κ3) is 4.63. The van der Waals surface area contributed by atoms with Gasteiger partial charge in [0.2, 0.25) is 15.9 Å². The van der Waals surface area contributed by atoms with Crippen molar-refractivity contribution in [3.05, 3.63) is 59.4 Å². The first-order chi connectivity index (χ1) is 13.4. The zero-order valence-electron chi connectivity index (χ0n) is 15.1. The average Bonchev–Trinajstić information content (AvgIpc) is 2.69. The topological polar surface area (TPSA) is 66.9 Å². The molecule has 0 radical (unpaired) electrons. The summed E-state index contributed by atoms with van der Waals surface area (Å²) in [5.41, 5.74) is 0. The van der Waals surface area contributed by atoms with E-state index in [-0.39, 0.29) is 60.8 Å². The van der Waals surface area contributed by atoms with Gasteiger partial charge < -0.3 is 9.64 Å². The molecule has 28 heavy (non-hydrogen) atoms. The summed E-state index contributed by atoms with van der Waals surface area (Å²) in [4.78, 5) is 14.0. The Morgan fingerprint density at radius 3 is 2.36 bits per heavy atom. The predicted octanol–water partition coefficient (Wildman–Crippen LogP) is 2.78. The molecule has 0 saturated carbocycles. The van der Waals surface area contributed by atoms with Gasteiger partial charge in [-0.1, -0.05) is 35.9 Å². The first kappa shape index (κ1) is 20.6. The molecule has 1 saturated heterocycles. The van der Waals surface area contributed by atoms with Gasteiger partial charge in [0.1, 0.15) is 4.90 Å². The molecule has 0 bridgehead atoms. The quantitative estimate of drug-likeness (QED) is 0.712. The van der Waals surface area contributed by atoms with E-state index in [0.717, 1.165) is 0 Å². The summed E-state index contributed by atoms with van der Waals surface area (Å²) in [6.07, 6.45) is 0.0889. The Kier molecular flexibility index (Phi) is 6.53. The van der Waals surface area contributed by atoms with Crippen molar-refractivity contribution in [1.82, 2.24) is 9.21 Å². The molecule has 3 rings (SSSR count). The van der Waals surface area contributed by atoms with Crippen LogP contribution >= 0.6 is 11.6 Å². The zero-order valence-corrected chi connectivity index (χ0v) is 16.6. The second-order valence-corrected chi connectivity index (χ2v) is 8.56. The van der Waals surface area contributed by atoms with Crippen molar-refractivity contribution in [3.63, 3.8) is 0 Å². The number of nitrogens with zero attached hydrogens (tertiary/aromatic N) is 2. The van der Waals surface area contributed by atoms with Gasteiger partial charge in [0.15, 0.2) is 11.6 Å². The fraction of sp³-hybridized carbons (Fsp3) is 0.316. The van der Waals surface area contributed by atoms with Gasteiger partial charge in [0.05, 0.1) is 18.1 Å². The smallest absolute Gasteiger partial charge is 0.244 e. The van der Waals surface area contributed by atoms with Crippen LogP contribution in [-0.2, 0) is 14.8 Å². The average molecular weight is 427 g/mol. The van der Waals surface area contributed by atoms with E-state index in [2.05, 4.69) is 0 Å². The molecule has 1 amide bonds. The van der Waals surface area contributed by atoms with Crippen molar-refractivity contribution < 1.29 is 22.3 Å². The van der Waals surface area contributed by atoms with Crippen LogP contribution in [0.1, 0.15) is 6.42 Å². The van der Waals surface area contributed by atoms with Crippen molar-refractivity contribution >= 4 is 27.5 Å². The van der Waals surface area contributed by atoms with Crippen molar-refractivity contribution in [2.24, 2.45) is 0 Å². The normalized spacial score (nSPS) is 15.4. The van der Waals surface area contributed by atoms with E-state index in [1.807, 2.05) is 0 Å². The Morgan fingerprint density at radius 2 is 1.68 bits per heavy atom. The first-order valence-corrected chi connectivity index (χ1v) is 10.6. The largest absolute Gasteiger partial charge is 0.490 e. The van der Waals surface area contributed by atoms with E-state index in [9.17, 15) is 17.6 Å². The molecule has 1 heterocycles. The van der Waals surface area contributed by atoms with Gasteiger partial charge in [0, 0.05) is 26.2 Å². The standard InChI is InChI=1S/C19H20ClFN2O4S/c20-15-5-1-4-8-18(15)28(25,26)23-12-10-22(11-13-23)19(24)9-14-27-17-7-3-2-6-16(17)21/h1-8H,9-14H2. The van der Waals surface area contributed by atoms with Crippen LogP contribution < -0.4 is 4.74 Å². The number of amides is 1. The molecule has 6 nitrogen and oxygen atoms in total. The van der Waals surface area contributed by atoms with E-state index in [1.54, 1.807) is 29.2 Å². The second-order valence-electron chi connectivity index (χ2n) is 6.24. The van der Waals surface area contributed by atoms with Crippen LogP contribution in [0.15, 0.2) is 53.4 Å². The van der Waals surface area contributed by atoms with E-state index < -0.39 is 15.8 Å². The lowest BCUT2D eigenvalue weighted by Crippen LogP contribution is -2.50. The summed E-state index contributed by atoms with van der Waals surface area (Å²) >= 11 is 6.01. The van der Waals surface area contributed by atoms with E-state index in [4.69, 9.17) is 16.3 Å². The number of carbonyl (C=O) groups excluding carboxylic acids is 1. The Hall–Kier alpha value is -2.16. The fourth-order valence-corrected chi connectivity index (χ4v) is 4.85. The highest BCUT2D eigenvalue weighted by Gasteiger charge is 2.31. The van der Waals surface area contributed by atoms with Gasteiger partial charge in [-0.2, -0.15) is 4.31 Å². The number of sulfonamides is 1. The maximum absolute atomic E-state index is 13.5. The van der Waals surface area contributed by atoms with Gasteiger partial charge in [-0.15, -0.1) is 0 Å². The SMILES string of the molecule is O=C(CCOc1ccccc1F)N1CCN(S(=O)(=O)c2ccccc2Cl)CC1. The van der Waals surface area contributed by atoms with Crippen LogP contribution in [0, 0.1) is 5.82 Å². The van der Waals surface area contributed by atoms with Gasteiger partial charge in [-0.25, -0.2) is 12.8 Å². The van der Waals surface area contributed by atoms with Gasteiger partial charge in [-0.3, -0.25) is 4.79 Å². The predicted molar refractivity (Wildman–Crippen MR) is 103 cm³/mol. The highest BCUT2D eigenvalue weighted by atomic mass is 35.5. The highest BCUT2D eigenvalue weighted by molar-refractivity contribution is 7.89. The monoisotopic (exact) mass is 426 g/mol. The Balaban J connectivity index is 1.51. The summed E-state index contributed by atoms with van der Waals surface area (Å²) in [6, 6.07) is 12.3. The van der Waals surface area contributed by atoms with Crippen molar-refractivity contribution in [2.45, 2.75) is 11.3 Å². The van der Waals surface area contributed by atoms with Crippen molar-refractivity contribution in [3.8, 4) is 5.75 Å². The Bertz CT molecular complexity index is 946. The molecule has 0 aliphatic carbocycles. The third-order valence-corrected chi connectivity index (χ3v) is 6.85. The lowest BCUT2D eigenvalue weighted by atomic mass is 10.3. The maximum Gasteiger partial charge on any atom is 0.244 e. The molecule has 150 valence electrons. The lowest BCUT2D eigenvalue weighted by molar-refractivity contribution is -0.132.